The summed E-state index contributed by atoms with van der Waals surface area (Å²) >= 11 is 0. The van der Waals surface area contributed by atoms with Gasteiger partial charge in [-0.15, -0.1) is 0 Å². The summed E-state index contributed by atoms with van der Waals surface area (Å²) in [4.78, 5) is 19.9. The zero-order chi connectivity index (χ0) is 13.4. The minimum atomic E-state index is -0.486. The first-order valence-corrected chi connectivity index (χ1v) is 6.86. The van der Waals surface area contributed by atoms with Gasteiger partial charge in [0.15, 0.2) is 0 Å². The molecule has 3 rings (SSSR count). The maximum atomic E-state index is 11.5. The van der Waals surface area contributed by atoms with Crippen molar-refractivity contribution in [1.29, 1.82) is 0 Å². The Hall–Kier alpha value is -1.65. The van der Waals surface area contributed by atoms with Gasteiger partial charge in [0.25, 0.3) is 0 Å². The molecule has 1 aromatic heterocycles. The summed E-state index contributed by atoms with van der Waals surface area (Å²) in [6.45, 7) is 1.86. The second kappa shape index (κ2) is 4.79. The number of ether oxygens (including phenoxy) is 1. The van der Waals surface area contributed by atoms with Gasteiger partial charge in [-0.3, -0.25) is 0 Å². The maximum absolute atomic E-state index is 11.5. The molecule has 5 nitrogen and oxygen atoms in total. The molecule has 1 heterocycles. The number of anilines is 1. The van der Waals surface area contributed by atoms with Crippen LogP contribution in [0.4, 0.5) is 5.82 Å². The number of carbonyl (C=O) groups excluding carboxylic acids is 1. The summed E-state index contributed by atoms with van der Waals surface area (Å²) in [7, 11) is 1.34. The third-order valence-electron chi connectivity index (χ3n) is 4.29. The summed E-state index contributed by atoms with van der Waals surface area (Å²) < 4.78 is 4.67. The van der Waals surface area contributed by atoms with Crippen LogP contribution in [0.25, 0.3) is 0 Å². The van der Waals surface area contributed by atoms with Gasteiger partial charge < -0.3 is 10.1 Å². The second-order valence-corrected chi connectivity index (χ2v) is 5.64. The Labute approximate surface area is 112 Å². The van der Waals surface area contributed by atoms with E-state index in [0.717, 1.165) is 23.3 Å². The van der Waals surface area contributed by atoms with Gasteiger partial charge in [-0.05, 0) is 38.0 Å². The lowest BCUT2D eigenvalue weighted by Crippen LogP contribution is -2.27. The van der Waals surface area contributed by atoms with Gasteiger partial charge in [-0.1, -0.05) is 6.42 Å². The van der Waals surface area contributed by atoms with E-state index < -0.39 is 5.97 Å². The first-order chi connectivity index (χ1) is 9.15. The van der Waals surface area contributed by atoms with Crippen LogP contribution in [0.1, 0.15) is 42.0 Å². The first kappa shape index (κ1) is 12.4. The highest BCUT2D eigenvalue weighted by atomic mass is 16.5. The minimum absolute atomic E-state index is 0.133. The Morgan fingerprint density at radius 3 is 2.84 bits per heavy atom. The number of fused-ring (bicyclic) bond motifs is 2. The van der Waals surface area contributed by atoms with E-state index in [2.05, 4.69) is 20.0 Å². The molecule has 0 saturated heterocycles. The molecule has 2 bridgehead atoms. The summed E-state index contributed by atoms with van der Waals surface area (Å²) in [6.07, 6.45) is 5.25. The van der Waals surface area contributed by atoms with E-state index >= 15 is 0 Å². The van der Waals surface area contributed by atoms with Crippen molar-refractivity contribution in [2.24, 2.45) is 11.8 Å². The number of hydrogen-bond donors (Lipinski definition) is 1. The molecule has 0 aromatic carbocycles. The molecule has 2 aliphatic rings. The van der Waals surface area contributed by atoms with Crippen molar-refractivity contribution in [2.75, 3.05) is 12.4 Å². The molecule has 3 atom stereocenters. The predicted molar refractivity (Wildman–Crippen MR) is 71.0 cm³/mol. The number of aryl methyl sites for hydroxylation is 1. The van der Waals surface area contributed by atoms with Crippen molar-refractivity contribution in [3.05, 3.63) is 17.6 Å². The number of nitrogens with one attached hydrogen (secondary N) is 1. The molecular formula is C14H19N3O2. The van der Waals surface area contributed by atoms with E-state index in [1.54, 1.807) is 0 Å². The lowest BCUT2D eigenvalue weighted by atomic mass is 9.95. The molecule has 1 N–H and O–H groups in total. The van der Waals surface area contributed by atoms with Gasteiger partial charge in [-0.25, -0.2) is 14.8 Å². The van der Waals surface area contributed by atoms with Crippen molar-refractivity contribution in [3.63, 3.8) is 0 Å². The molecule has 1 aromatic rings. The van der Waals surface area contributed by atoms with Gasteiger partial charge in [0, 0.05) is 17.8 Å². The third kappa shape index (κ3) is 2.41. The van der Waals surface area contributed by atoms with Crippen LogP contribution in [-0.2, 0) is 4.74 Å². The Bertz CT molecular complexity index is 503. The maximum Gasteiger partial charge on any atom is 0.376 e. The summed E-state index contributed by atoms with van der Waals surface area (Å²) in [5, 5.41) is 3.47. The lowest BCUT2D eigenvalue weighted by Gasteiger charge is -2.23. The topological polar surface area (TPSA) is 64.1 Å². The standard InChI is InChI=1S/C14H19N3O2/c1-8-5-12(17-13(15-8)14(18)19-2)16-11-7-9-3-4-10(11)6-9/h5,9-11H,3-4,6-7H2,1-2H3,(H,15,16,17). The minimum Gasteiger partial charge on any atom is -0.463 e. The Balaban J connectivity index is 1.77. The van der Waals surface area contributed by atoms with Crippen LogP contribution in [0.5, 0.6) is 0 Å². The molecule has 0 radical (unpaired) electrons. The molecule has 2 fully saturated rings. The van der Waals surface area contributed by atoms with Gasteiger partial charge in [0.05, 0.1) is 7.11 Å². The summed E-state index contributed by atoms with van der Waals surface area (Å²) in [6, 6.07) is 2.39. The van der Waals surface area contributed by atoms with Crippen LogP contribution in [0.2, 0.25) is 0 Å². The number of methoxy groups -OCH3 is 1. The van der Waals surface area contributed by atoms with Crippen LogP contribution >= 0.6 is 0 Å². The fourth-order valence-electron chi connectivity index (χ4n) is 3.44. The predicted octanol–water partition coefficient (Wildman–Crippen LogP) is 2.17. The molecule has 0 spiro atoms. The average Bonchev–Trinajstić information content (AvgIpc) is 2.99. The normalized spacial score (nSPS) is 28.4. The van der Waals surface area contributed by atoms with Crippen molar-refractivity contribution in [2.45, 2.75) is 38.6 Å². The lowest BCUT2D eigenvalue weighted by molar-refractivity contribution is 0.0586. The average molecular weight is 261 g/mol. The van der Waals surface area contributed by atoms with E-state index in [1.807, 2.05) is 13.0 Å². The van der Waals surface area contributed by atoms with Gasteiger partial charge in [0.2, 0.25) is 5.82 Å². The van der Waals surface area contributed by atoms with Crippen molar-refractivity contribution in [3.8, 4) is 0 Å². The van der Waals surface area contributed by atoms with Gasteiger partial charge in [-0.2, -0.15) is 0 Å². The smallest absolute Gasteiger partial charge is 0.376 e. The highest BCUT2D eigenvalue weighted by Gasteiger charge is 2.39. The SMILES string of the molecule is COC(=O)c1nc(C)cc(NC2CC3CCC2C3)n1. The highest BCUT2D eigenvalue weighted by molar-refractivity contribution is 5.85. The van der Waals surface area contributed by atoms with Crippen LogP contribution in [0, 0.1) is 18.8 Å². The van der Waals surface area contributed by atoms with E-state index in [0.29, 0.717) is 6.04 Å². The molecular weight excluding hydrogens is 242 g/mol. The zero-order valence-corrected chi connectivity index (χ0v) is 11.3. The zero-order valence-electron chi connectivity index (χ0n) is 11.3. The Morgan fingerprint density at radius 1 is 1.37 bits per heavy atom. The Morgan fingerprint density at radius 2 is 2.21 bits per heavy atom. The van der Waals surface area contributed by atoms with E-state index in [1.165, 1.54) is 32.8 Å². The van der Waals surface area contributed by atoms with Crippen LogP contribution in [0.15, 0.2) is 6.07 Å². The van der Waals surface area contributed by atoms with Crippen molar-refractivity contribution in [1.82, 2.24) is 9.97 Å². The first-order valence-electron chi connectivity index (χ1n) is 6.86. The number of carbonyl (C=O) groups is 1. The largest absolute Gasteiger partial charge is 0.463 e. The molecule has 19 heavy (non-hydrogen) atoms. The quantitative estimate of drug-likeness (QED) is 0.845. The fourth-order valence-corrected chi connectivity index (χ4v) is 3.44. The highest BCUT2D eigenvalue weighted by Crippen LogP contribution is 2.45. The monoisotopic (exact) mass is 261 g/mol. The molecule has 0 aliphatic heterocycles. The Kier molecular flexibility index (Phi) is 3.12. The van der Waals surface area contributed by atoms with E-state index in [4.69, 9.17) is 0 Å². The molecule has 102 valence electrons. The van der Waals surface area contributed by atoms with Crippen LogP contribution in [-0.4, -0.2) is 29.1 Å². The van der Waals surface area contributed by atoms with Crippen LogP contribution < -0.4 is 5.32 Å². The number of nitrogens with zero attached hydrogens (tertiary/aromatic N) is 2. The van der Waals surface area contributed by atoms with Crippen molar-refractivity contribution < 1.29 is 9.53 Å². The van der Waals surface area contributed by atoms with E-state index in [9.17, 15) is 4.79 Å². The third-order valence-corrected chi connectivity index (χ3v) is 4.29. The van der Waals surface area contributed by atoms with Crippen LogP contribution in [0.3, 0.4) is 0 Å². The molecule has 5 heteroatoms. The van der Waals surface area contributed by atoms with Gasteiger partial charge in [0.1, 0.15) is 5.82 Å². The van der Waals surface area contributed by atoms with Gasteiger partial charge >= 0.3 is 5.97 Å². The fraction of sp³-hybridized carbons (Fsp3) is 0.643. The summed E-state index contributed by atoms with van der Waals surface area (Å²) in [5.41, 5.74) is 0.779. The number of hydrogen-bond acceptors (Lipinski definition) is 5. The van der Waals surface area contributed by atoms with Crippen molar-refractivity contribution >= 4 is 11.8 Å². The number of esters is 1. The molecule has 0 amide bonds. The molecule has 2 saturated carbocycles. The molecule has 2 aliphatic carbocycles. The van der Waals surface area contributed by atoms with E-state index in [-0.39, 0.29) is 5.82 Å². The number of aromatic nitrogens is 2. The summed E-state index contributed by atoms with van der Waals surface area (Å²) in [5.74, 6) is 2.03. The number of rotatable bonds is 3. The second-order valence-electron chi connectivity index (χ2n) is 5.64. The molecule has 3 unspecified atom stereocenters.